The molecule has 1 aliphatic heterocycles. The van der Waals surface area contributed by atoms with Crippen LogP contribution in [0.3, 0.4) is 0 Å². The number of aromatic hydroxyl groups is 1. The number of rotatable bonds is 3. The van der Waals surface area contributed by atoms with Gasteiger partial charge in [0.1, 0.15) is 17.6 Å². The fraction of sp³-hybridized carbons (Fsp3) is 0.529. The molecule has 0 spiro atoms. The van der Waals surface area contributed by atoms with Gasteiger partial charge in [0.05, 0.1) is 10.9 Å². The van der Waals surface area contributed by atoms with E-state index in [0.29, 0.717) is 12.2 Å². The number of phenols is 1. The van der Waals surface area contributed by atoms with Crippen molar-refractivity contribution in [1.29, 1.82) is 0 Å². The molecule has 3 N–H and O–H groups in total. The molecule has 0 aromatic heterocycles. The molecule has 22 heavy (non-hydrogen) atoms. The highest BCUT2D eigenvalue weighted by Gasteiger charge is 2.34. The monoisotopic (exact) mass is 324 g/mol. The second kappa shape index (κ2) is 6.11. The summed E-state index contributed by atoms with van der Waals surface area (Å²) in [6.07, 6.45) is 2.50. The maximum absolute atomic E-state index is 10.3. The Balaban J connectivity index is 2.02. The highest BCUT2D eigenvalue weighted by molar-refractivity contribution is 6.20. The van der Waals surface area contributed by atoms with Crippen LogP contribution in [-0.2, 0) is 0 Å². The van der Waals surface area contributed by atoms with Crippen LogP contribution in [0.1, 0.15) is 43.2 Å². The number of hydrogen-bond acceptors (Lipinski definition) is 4. The lowest BCUT2D eigenvalue weighted by atomic mass is 9.81. The lowest BCUT2D eigenvalue weighted by Crippen LogP contribution is -2.33. The molecule has 5 heteroatoms. The van der Waals surface area contributed by atoms with Crippen molar-refractivity contribution in [3.05, 3.63) is 28.8 Å². The Labute approximate surface area is 135 Å². The average Bonchev–Trinajstić information content (AvgIpc) is 2.46. The van der Waals surface area contributed by atoms with E-state index in [1.54, 1.807) is 6.07 Å². The summed E-state index contributed by atoms with van der Waals surface area (Å²) < 4.78 is 6.06. The fourth-order valence-corrected chi connectivity index (χ4v) is 3.60. The first-order valence-corrected chi connectivity index (χ1v) is 8.13. The molecule has 0 amide bonds. The Bertz CT molecular complexity index is 609. The Hall–Kier alpha value is -1.23. The van der Waals surface area contributed by atoms with Gasteiger partial charge < -0.3 is 20.1 Å². The molecule has 0 radical (unpaired) electrons. The predicted octanol–water partition coefficient (Wildman–Crippen LogP) is 3.10. The Morgan fingerprint density at radius 1 is 1.27 bits per heavy atom. The number of alkyl halides is 1. The van der Waals surface area contributed by atoms with Gasteiger partial charge >= 0.3 is 0 Å². The van der Waals surface area contributed by atoms with Crippen LogP contribution in [0.4, 0.5) is 0 Å². The van der Waals surface area contributed by atoms with E-state index in [0.717, 1.165) is 48.0 Å². The van der Waals surface area contributed by atoms with E-state index in [-0.39, 0.29) is 11.9 Å². The Morgan fingerprint density at radius 3 is 2.73 bits per heavy atom. The molecule has 0 fully saturated rings. The van der Waals surface area contributed by atoms with E-state index in [1.807, 2.05) is 13.0 Å². The fourth-order valence-electron chi connectivity index (χ4n) is 3.44. The predicted molar refractivity (Wildman–Crippen MR) is 85.1 cm³/mol. The van der Waals surface area contributed by atoms with Crippen molar-refractivity contribution < 1.29 is 20.1 Å². The number of aryl methyl sites for hydroxylation is 1. The molecular weight excluding hydrogens is 304 g/mol. The first-order valence-electron chi connectivity index (χ1n) is 7.70. The first-order chi connectivity index (χ1) is 10.5. The minimum atomic E-state index is -1.56. The highest BCUT2D eigenvalue weighted by atomic mass is 35.5. The summed E-state index contributed by atoms with van der Waals surface area (Å²) in [6, 6.07) is 3.67. The van der Waals surface area contributed by atoms with E-state index in [2.05, 4.69) is 0 Å². The first kappa shape index (κ1) is 15.7. The van der Waals surface area contributed by atoms with Gasteiger partial charge in [-0.15, -0.1) is 11.6 Å². The zero-order valence-corrected chi connectivity index (χ0v) is 13.3. The van der Waals surface area contributed by atoms with Crippen molar-refractivity contribution in [1.82, 2.24) is 0 Å². The lowest BCUT2D eigenvalue weighted by Gasteiger charge is -2.35. The van der Waals surface area contributed by atoms with Crippen molar-refractivity contribution in [3.8, 4) is 11.5 Å². The van der Waals surface area contributed by atoms with E-state index in [9.17, 15) is 15.3 Å². The van der Waals surface area contributed by atoms with Crippen molar-refractivity contribution in [2.75, 3.05) is 0 Å². The summed E-state index contributed by atoms with van der Waals surface area (Å²) in [4.78, 5) is 0. The topological polar surface area (TPSA) is 69.9 Å². The Kier molecular flexibility index (Phi) is 4.35. The number of halogens is 1. The maximum atomic E-state index is 10.3. The van der Waals surface area contributed by atoms with E-state index < -0.39 is 11.7 Å². The maximum Gasteiger partial charge on any atom is 0.168 e. The highest BCUT2D eigenvalue weighted by Crippen LogP contribution is 2.48. The third kappa shape index (κ3) is 2.83. The second-order valence-electron chi connectivity index (χ2n) is 6.14. The van der Waals surface area contributed by atoms with Crippen LogP contribution in [0.25, 0.3) is 5.57 Å². The lowest BCUT2D eigenvalue weighted by molar-refractivity contribution is -0.0472. The normalized spacial score (nSPS) is 22.1. The minimum Gasteiger partial charge on any atom is -0.507 e. The van der Waals surface area contributed by atoms with Gasteiger partial charge in [0.15, 0.2) is 6.29 Å². The molecular formula is C17H21ClO4. The molecule has 3 rings (SSSR count). The molecule has 120 valence electrons. The standard InChI is InChI=1S/C17H21ClO4/c1-9-6-13(19)16-11-5-3-2-4-10(11)14(22-15(16)7-9)8-12(18)17(20)21/h6-7,12,14,17,19-21H,2-5,8H2,1H3. The van der Waals surface area contributed by atoms with Crippen molar-refractivity contribution in [3.63, 3.8) is 0 Å². The number of phenolic OH excluding ortho intramolecular Hbond substituents is 1. The molecule has 0 bridgehead atoms. The number of ether oxygens (including phenoxy) is 1. The van der Waals surface area contributed by atoms with Gasteiger partial charge in [-0.3, -0.25) is 0 Å². The third-order valence-electron chi connectivity index (χ3n) is 4.46. The zero-order valence-electron chi connectivity index (χ0n) is 12.6. The van der Waals surface area contributed by atoms with Gasteiger partial charge in [-0.2, -0.15) is 0 Å². The van der Waals surface area contributed by atoms with Crippen LogP contribution in [0.15, 0.2) is 17.7 Å². The van der Waals surface area contributed by atoms with Gasteiger partial charge in [-0.05, 0) is 61.4 Å². The van der Waals surface area contributed by atoms with Crippen LogP contribution in [0.5, 0.6) is 11.5 Å². The largest absolute Gasteiger partial charge is 0.507 e. The van der Waals surface area contributed by atoms with Crippen molar-refractivity contribution >= 4 is 17.2 Å². The molecule has 1 heterocycles. The number of allylic oxidation sites excluding steroid dienone is 1. The van der Waals surface area contributed by atoms with Crippen LogP contribution in [0.2, 0.25) is 0 Å². The van der Waals surface area contributed by atoms with Gasteiger partial charge in [0.25, 0.3) is 0 Å². The number of aliphatic hydroxyl groups is 2. The van der Waals surface area contributed by atoms with Crippen molar-refractivity contribution in [2.24, 2.45) is 0 Å². The summed E-state index contributed by atoms with van der Waals surface area (Å²) in [7, 11) is 0. The van der Waals surface area contributed by atoms with E-state index in [4.69, 9.17) is 16.3 Å². The molecule has 1 aliphatic carbocycles. The molecule has 4 nitrogen and oxygen atoms in total. The molecule has 1 aromatic rings. The molecule has 2 unspecified atom stereocenters. The smallest absolute Gasteiger partial charge is 0.168 e. The van der Waals surface area contributed by atoms with Crippen LogP contribution < -0.4 is 4.74 Å². The summed E-state index contributed by atoms with van der Waals surface area (Å²) in [5.41, 5.74) is 4.02. The van der Waals surface area contributed by atoms with Crippen molar-refractivity contribution in [2.45, 2.75) is 56.8 Å². The average molecular weight is 325 g/mol. The number of benzene rings is 1. The van der Waals surface area contributed by atoms with Crippen LogP contribution in [-0.4, -0.2) is 33.1 Å². The quantitative estimate of drug-likeness (QED) is 0.590. The number of aliphatic hydroxyl groups excluding tert-OH is 1. The van der Waals surface area contributed by atoms with Gasteiger partial charge in [-0.25, -0.2) is 0 Å². The zero-order chi connectivity index (χ0) is 15.9. The Morgan fingerprint density at radius 2 is 2.00 bits per heavy atom. The molecule has 2 aliphatic rings. The summed E-state index contributed by atoms with van der Waals surface area (Å²) in [5, 5.41) is 28.0. The van der Waals surface area contributed by atoms with E-state index >= 15 is 0 Å². The SMILES string of the molecule is Cc1cc(O)c2c(c1)OC(CC(Cl)C(O)O)C1=C2CCCC1. The minimum absolute atomic E-state index is 0.256. The second-order valence-corrected chi connectivity index (χ2v) is 6.70. The summed E-state index contributed by atoms with van der Waals surface area (Å²) in [6.45, 7) is 1.91. The summed E-state index contributed by atoms with van der Waals surface area (Å²) >= 11 is 6.02. The molecule has 0 saturated heterocycles. The van der Waals surface area contributed by atoms with Gasteiger partial charge in [-0.1, -0.05) is 0 Å². The molecule has 0 saturated carbocycles. The summed E-state index contributed by atoms with van der Waals surface area (Å²) in [5.74, 6) is 0.923. The van der Waals surface area contributed by atoms with E-state index in [1.165, 1.54) is 0 Å². The van der Waals surface area contributed by atoms with Gasteiger partial charge in [0, 0.05) is 6.42 Å². The molecule has 1 aromatic carbocycles. The van der Waals surface area contributed by atoms with Crippen LogP contribution in [0, 0.1) is 6.92 Å². The van der Waals surface area contributed by atoms with Gasteiger partial charge in [0.2, 0.25) is 0 Å². The molecule has 2 atom stereocenters. The number of fused-ring (bicyclic) bond motifs is 2. The number of hydrogen-bond donors (Lipinski definition) is 3. The third-order valence-corrected chi connectivity index (χ3v) is 4.86. The van der Waals surface area contributed by atoms with Crippen LogP contribution >= 0.6 is 11.6 Å².